The predicted octanol–water partition coefficient (Wildman–Crippen LogP) is 1.68. The summed E-state index contributed by atoms with van der Waals surface area (Å²) in [6.45, 7) is 0. The van der Waals surface area contributed by atoms with Crippen molar-refractivity contribution in [1.82, 2.24) is 0 Å². The summed E-state index contributed by atoms with van der Waals surface area (Å²) in [5.41, 5.74) is 0. The quantitative estimate of drug-likeness (QED) is 0.543. The summed E-state index contributed by atoms with van der Waals surface area (Å²) in [7, 11) is 0. The first-order valence-electron chi connectivity index (χ1n) is 3.34. The van der Waals surface area contributed by atoms with E-state index >= 15 is 0 Å². The fraction of sp³-hybridized carbons (Fsp3) is 1.00. The molecule has 0 heterocycles. The van der Waals surface area contributed by atoms with Crippen LogP contribution in [0.1, 0.15) is 0 Å². The SMILES string of the molecule is OC(O)(F)C(F)(F)C(F)(F)C(F)(F)C(F)(F)F.[Cs]. The monoisotopic (exact) mass is 417 g/mol. The molecule has 0 aromatic heterocycles. The van der Waals surface area contributed by atoms with Crippen molar-refractivity contribution in [2.75, 3.05) is 0 Å². The second-order valence-corrected chi connectivity index (χ2v) is 2.81. The summed E-state index contributed by atoms with van der Waals surface area (Å²) in [6.07, 6.45) is -7.15. The van der Waals surface area contributed by atoms with Gasteiger partial charge >= 0.3 is 30.0 Å². The second kappa shape index (κ2) is 5.57. The molecule has 0 bridgehead atoms. The summed E-state index contributed by atoms with van der Waals surface area (Å²) in [4.78, 5) is 0. The minimum atomic E-state index is -7.41. The van der Waals surface area contributed by atoms with Gasteiger partial charge in [-0.25, -0.2) is 0 Å². The van der Waals surface area contributed by atoms with Gasteiger partial charge in [0.25, 0.3) is 0 Å². The molecule has 13 heteroatoms. The molecule has 2 nitrogen and oxygen atoms in total. The van der Waals surface area contributed by atoms with Gasteiger partial charge in [-0.3, -0.25) is 0 Å². The minimum absolute atomic E-state index is 0. The predicted molar refractivity (Wildman–Crippen MR) is 34.9 cm³/mol. The van der Waals surface area contributed by atoms with Gasteiger partial charge in [-0.2, -0.15) is 43.9 Å². The molecule has 0 amide bonds. The van der Waals surface area contributed by atoms with Gasteiger partial charge in [0.05, 0.1) is 0 Å². The van der Waals surface area contributed by atoms with Crippen molar-refractivity contribution in [2.45, 2.75) is 30.0 Å². The van der Waals surface area contributed by atoms with E-state index in [2.05, 4.69) is 0 Å². The van der Waals surface area contributed by atoms with Crippen molar-refractivity contribution in [3.05, 3.63) is 0 Å². The van der Waals surface area contributed by atoms with Gasteiger partial charge in [-0.15, -0.1) is 0 Å². The summed E-state index contributed by atoms with van der Waals surface area (Å²) in [6, 6.07) is -6.26. The molecule has 0 aliphatic rings. The van der Waals surface area contributed by atoms with Crippen LogP contribution in [0.25, 0.3) is 0 Å². The molecule has 0 unspecified atom stereocenters. The molecule has 18 heavy (non-hydrogen) atoms. The van der Waals surface area contributed by atoms with E-state index in [1.807, 2.05) is 0 Å². The molecule has 105 valence electrons. The van der Waals surface area contributed by atoms with Crippen molar-refractivity contribution in [3.8, 4) is 0 Å². The van der Waals surface area contributed by atoms with Crippen LogP contribution in [0.15, 0.2) is 0 Å². The van der Waals surface area contributed by atoms with Crippen molar-refractivity contribution in [1.29, 1.82) is 0 Å². The molecule has 0 saturated heterocycles. The molecule has 0 spiro atoms. The molecule has 0 rings (SSSR count). The van der Waals surface area contributed by atoms with Gasteiger partial charge < -0.3 is 10.2 Å². The zero-order valence-corrected chi connectivity index (χ0v) is 14.5. The molecule has 0 aromatic rings. The summed E-state index contributed by atoms with van der Waals surface area (Å²) in [5, 5.41) is 14.9. The van der Waals surface area contributed by atoms with Crippen molar-refractivity contribution in [2.24, 2.45) is 0 Å². The first-order valence-corrected chi connectivity index (χ1v) is 3.34. The van der Waals surface area contributed by atoms with E-state index in [0.29, 0.717) is 0 Å². The Morgan fingerprint density at radius 1 is 0.500 bits per heavy atom. The van der Waals surface area contributed by atoms with Crippen LogP contribution in [0, 0.1) is 0 Å². The Morgan fingerprint density at radius 3 is 0.944 bits per heavy atom. The number of rotatable bonds is 3. The van der Waals surface area contributed by atoms with Crippen LogP contribution in [-0.2, 0) is 0 Å². The number of alkyl halides is 10. The van der Waals surface area contributed by atoms with Crippen molar-refractivity contribution >= 4 is 68.9 Å². The van der Waals surface area contributed by atoms with Crippen LogP contribution in [-0.4, -0.2) is 109 Å². The van der Waals surface area contributed by atoms with E-state index < -0.39 is 30.0 Å². The van der Waals surface area contributed by atoms with Gasteiger partial charge in [0.15, 0.2) is 0 Å². The average molecular weight is 417 g/mol. The standard InChI is InChI=1S/C5H2F10O2.Cs/c6-1(7,2(8,9)4(12,13)14)3(10,11)5(15,16)17;/h16-17H;. The average Bonchev–Trinajstić information content (AvgIpc) is 1.98. The summed E-state index contributed by atoms with van der Waals surface area (Å²) in [5.74, 6) is -21.9. The van der Waals surface area contributed by atoms with E-state index in [1.165, 1.54) is 0 Å². The maximum atomic E-state index is 12.2. The first kappa shape index (κ1) is 21.6. The van der Waals surface area contributed by atoms with Gasteiger partial charge in [0.2, 0.25) is 0 Å². The van der Waals surface area contributed by atoms with Gasteiger partial charge in [0.1, 0.15) is 0 Å². The Bertz CT molecular complexity index is 264. The van der Waals surface area contributed by atoms with Crippen LogP contribution in [0.5, 0.6) is 0 Å². The Labute approximate surface area is 151 Å². The third-order valence-electron chi connectivity index (χ3n) is 1.54. The van der Waals surface area contributed by atoms with Crippen LogP contribution in [0.4, 0.5) is 43.9 Å². The van der Waals surface area contributed by atoms with Crippen LogP contribution >= 0.6 is 0 Å². The zero-order valence-electron chi connectivity index (χ0n) is 8.17. The molecular formula is C5H2CsF10O2. The normalized spacial score (nSPS) is 15.3. The van der Waals surface area contributed by atoms with Crippen molar-refractivity contribution < 1.29 is 54.1 Å². The van der Waals surface area contributed by atoms with E-state index in [4.69, 9.17) is 10.2 Å². The Kier molecular flexibility index (Phi) is 6.68. The molecule has 0 atom stereocenters. The third kappa shape index (κ3) is 3.29. The van der Waals surface area contributed by atoms with Crippen LogP contribution in [0.3, 0.4) is 0 Å². The van der Waals surface area contributed by atoms with Gasteiger partial charge in [-0.05, 0) is 0 Å². The molecule has 1 radical (unpaired) electrons. The van der Waals surface area contributed by atoms with Crippen LogP contribution < -0.4 is 0 Å². The maximum absolute atomic E-state index is 12.2. The maximum Gasteiger partial charge on any atom is 0.460 e. The Balaban J connectivity index is 0. The number of hydrogen-bond donors (Lipinski definition) is 2. The van der Waals surface area contributed by atoms with Gasteiger partial charge in [0, 0.05) is 68.9 Å². The summed E-state index contributed by atoms with van der Waals surface area (Å²) < 4.78 is 119. The molecule has 0 saturated carbocycles. The largest absolute Gasteiger partial charge is 0.460 e. The molecular weight excluding hydrogens is 415 g/mol. The molecule has 0 fully saturated rings. The minimum Gasteiger partial charge on any atom is -0.335 e. The van der Waals surface area contributed by atoms with Crippen molar-refractivity contribution in [3.63, 3.8) is 0 Å². The van der Waals surface area contributed by atoms with Crippen LogP contribution in [0.2, 0.25) is 0 Å². The van der Waals surface area contributed by atoms with Gasteiger partial charge in [-0.1, -0.05) is 0 Å². The fourth-order valence-electron chi connectivity index (χ4n) is 0.575. The molecule has 0 aromatic carbocycles. The van der Waals surface area contributed by atoms with E-state index in [-0.39, 0.29) is 68.9 Å². The third-order valence-corrected chi connectivity index (χ3v) is 1.54. The smallest absolute Gasteiger partial charge is 0.335 e. The fourth-order valence-corrected chi connectivity index (χ4v) is 0.575. The molecule has 2 N–H and O–H groups in total. The number of halogens is 10. The second-order valence-electron chi connectivity index (χ2n) is 2.81. The first-order chi connectivity index (χ1) is 7.00. The topological polar surface area (TPSA) is 40.5 Å². The number of hydrogen-bond acceptors (Lipinski definition) is 2. The van der Waals surface area contributed by atoms with E-state index in [9.17, 15) is 43.9 Å². The van der Waals surface area contributed by atoms with E-state index in [0.717, 1.165) is 0 Å². The molecule has 0 aliphatic carbocycles. The molecule has 0 aliphatic heterocycles. The summed E-state index contributed by atoms with van der Waals surface area (Å²) >= 11 is 0. The Hall–Kier alpha value is 1.27. The Morgan fingerprint density at radius 2 is 0.778 bits per heavy atom. The number of aliphatic hydroxyl groups is 2. The van der Waals surface area contributed by atoms with E-state index in [1.54, 1.807) is 0 Å². The zero-order chi connectivity index (χ0) is 14.5.